The van der Waals surface area contributed by atoms with E-state index in [2.05, 4.69) is 31.4 Å². The average molecular weight is 284 g/mol. The van der Waals surface area contributed by atoms with E-state index in [9.17, 15) is 9.90 Å². The Morgan fingerprint density at radius 1 is 1.25 bits per heavy atom. The molecule has 2 unspecified atom stereocenters. The van der Waals surface area contributed by atoms with Crippen molar-refractivity contribution < 1.29 is 9.90 Å². The van der Waals surface area contributed by atoms with Crippen LogP contribution in [-0.4, -0.2) is 35.7 Å². The van der Waals surface area contributed by atoms with Gasteiger partial charge in [-0.1, -0.05) is 40.0 Å². The highest BCUT2D eigenvalue weighted by atomic mass is 16.3. The molecule has 0 bridgehead atoms. The second-order valence-electron chi connectivity index (χ2n) is 7.39. The third-order valence-corrected chi connectivity index (χ3v) is 3.85. The first-order valence-electron chi connectivity index (χ1n) is 8.00. The summed E-state index contributed by atoms with van der Waals surface area (Å²) >= 11 is 0. The van der Waals surface area contributed by atoms with Gasteiger partial charge in [-0.05, 0) is 31.6 Å². The van der Waals surface area contributed by atoms with E-state index in [1.54, 1.807) is 0 Å². The highest BCUT2D eigenvalue weighted by Gasteiger charge is 2.21. The van der Waals surface area contributed by atoms with Gasteiger partial charge >= 0.3 is 0 Å². The third kappa shape index (κ3) is 7.25. The van der Waals surface area contributed by atoms with E-state index < -0.39 is 6.10 Å². The molecule has 118 valence electrons. The Morgan fingerprint density at radius 3 is 2.40 bits per heavy atom. The molecule has 1 fully saturated rings. The lowest BCUT2D eigenvalue weighted by atomic mass is 9.89. The summed E-state index contributed by atoms with van der Waals surface area (Å²) in [6.45, 7) is 8.65. The standard InChI is InChI=1S/C16H32N2O2/c1-12(17-11-14(19)10-16(2,3)4)15(20)18-13-8-6-5-7-9-13/h12-14,17,19H,5-11H2,1-4H3,(H,18,20). The smallest absolute Gasteiger partial charge is 0.237 e. The summed E-state index contributed by atoms with van der Waals surface area (Å²) in [5.41, 5.74) is 0.106. The minimum Gasteiger partial charge on any atom is -0.392 e. The number of aliphatic hydroxyl groups excluding tert-OH is 1. The minimum atomic E-state index is -0.403. The normalized spacial score (nSPS) is 20.4. The number of carbonyl (C=O) groups excluding carboxylic acids is 1. The van der Waals surface area contributed by atoms with E-state index in [-0.39, 0.29) is 17.4 Å². The monoisotopic (exact) mass is 284 g/mol. The number of rotatable bonds is 6. The van der Waals surface area contributed by atoms with Gasteiger partial charge in [0.2, 0.25) is 5.91 Å². The maximum Gasteiger partial charge on any atom is 0.237 e. The molecule has 0 aromatic heterocycles. The summed E-state index contributed by atoms with van der Waals surface area (Å²) in [4.78, 5) is 12.1. The molecule has 0 aromatic rings. The van der Waals surface area contributed by atoms with Crippen LogP contribution in [0.25, 0.3) is 0 Å². The van der Waals surface area contributed by atoms with E-state index in [1.165, 1.54) is 19.3 Å². The van der Waals surface area contributed by atoms with Crippen molar-refractivity contribution in [3.63, 3.8) is 0 Å². The van der Waals surface area contributed by atoms with Crippen molar-refractivity contribution in [2.45, 2.75) is 84.4 Å². The fourth-order valence-corrected chi connectivity index (χ4v) is 2.76. The highest BCUT2D eigenvalue weighted by molar-refractivity contribution is 5.81. The Bertz CT molecular complexity index is 293. The molecular weight excluding hydrogens is 252 g/mol. The molecule has 2 atom stereocenters. The molecule has 0 spiro atoms. The summed E-state index contributed by atoms with van der Waals surface area (Å²) in [5.74, 6) is 0.0554. The number of nitrogens with one attached hydrogen (secondary N) is 2. The van der Waals surface area contributed by atoms with Crippen molar-refractivity contribution in [2.24, 2.45) is 5.41 Å². The fourth-order valence-electron chi connectivity index (χ4n) is 2.76. The van der Waals surface area contributed by atoms with Crippen molar-refractivity contribution >= 4 is 5.91 Å². The van der Waals surface area contributed by atoms with Crippen LogP contribution < -0.4 is 10.6 Å². The lowest BCUT2D eigenvalue weighted by molar-refractivity contribution is -0.123. The molecule has 3 N–H and O–H groups in total. The highest BCUT2D eigenvalue weighted by Crippen LogP contribution is 2.20. The topological polar surface area (TPSA) is 61.4 Å². The molecule has 1 aliphatic rings. The molecule has 1 amide bonds. The van der Waals surface area contributed by atoms with Gasteiger partial charge in [-0.2, -0.15) is 0 Å². The van der Waals surface area contributed by atoms with E-state index in [0.717, 1.165) is 19.3 Å². The lowest BCUT2D eigenvalue weighted by Crippen LogP contribution is -2.48. The molecule has 0 heterocycles. The van der Waals surface area contributed by atoms with Gasteiger partial charge in [-0.15, -0.1) is 0 Å². The van der Waals surface area contributed by atoms with Crippen molar-refractivity contribution in [3.8, 4) is 0 Å². The lowest BCUT2D eigenvalue weighted by Gasteiger charge is -2.26. The van der Waals surface area contributed by atoms with E-state index >= 15 is 0 Å². The summed E-state index contributed by atoms with van der Waals surface area (Å²) < 4.78 is 0. The van der Waals surface area contributed by atoms with Gasteiger partial charge in [-0.3, -0.25) is 4.79 Å². The van der Waals surface area contributed by atoms with Gasteiger partial charge in [0.05, 0.1) is 12.1 Å². The SMILES string of the molecule is CC(NCC(O)CC(C)(C)C)C(=O)NC1CCCCC1. The number of hydrogen-bond donors (Lipinski definition) is 3. The Labute approximate surface area is 123 Å². The Kier molecular flexibility index (Phi) is 6.96. The van der Waals surface area contributed by atoms with Crippen molar-refractivity contribution in [2.75, 3.05) is 6.54 Å². The first-order valence-corrected chi connectivity index (χ1v) is 8.00. The second kappa shape index (κ2) is 7.99. The average Bonchev–Trinajstić information content (AvgIpc) is 2.35. The molecule has 0 aromatic carbocycles. The molecule has 4 heteroatoms. The molecule has 0 aliphatic heterocycles. The third-order valence-electron chi connectivity index (χ3n) is 3.85. The molecule has 4 nitrogen and oxygen atoms in total. The number of amides is 1. The van der Waals surface area contributed by atoms with Crippen molar-refractivity contribution in [3.05, 3.63) is 0 Å². The molecule has 20 heavy (non-hydrogen) atoms. The summed E-state index contributed by atoms with van der Waals surface area (Å²) in [7, 11) is 0. The number of aliphatic hydroxyl groups is 1. The first-order chi connectivity index (χ1) is 9.28. The number of carbonyl (C=O) groups is 1. The van der Waals surface area contributed by atoms with Crippen LogP contribution in [-0.2, 0) is 4.79 Å². The minimum absolute atomic E-state index is 0.0554. The predicted molar refractivity (Wildman–Crippen MR) is 82.6 cm³/mol. The summed E-state index contributed by atoms with van der Waals surface area (Å²) in [5, 5.41) is 16.2. The van der Waals surface area contributed by atoms with Crippen LogP contribution in [0.1, 0.15) is 66.2 Å². The second-order valence-corrected chi connectivity index (χ2v) is 7.39. The van der Waals surface area contributed by atoms with E-state index in [4.69, 9.17) is 0 Å². The van der Waals surface area contributed by atoms with Crippen molar-refractivity contribution in [1.29, 1.82) is 0 Å². The maximum atomic E-state index is 12.1. The zero-order valence-corrected chi connectivity index (χ0v) is 13.5. The van der Waals surface area contributed by atoms with Gasteiger partial charge in [0.1, 0.15) is 0 Å². The van der Waals surface area contributed by atoms with Crippen LogP contribution in [0, 0.1) is 5.41 Å². The molecule has 1 rings (SSSR count). The molecular formula is C16H32N2O2. The van der Waals surface area contributed by atoms with Crippen LogP contribution in [0.15, 0.2) is 0 Å². The molecule has 0 radical (unpaired) electrons. The Hall–Kier alpha value is -0.610. The van der Waals surface area contributed by atoms with Gasteiger partial charge in [0, 0.05) is 12.6 Å². The quantitative estimate of drug-likeness (QED) is 0.701. The van der Waals surface area contributed by atoms with Crippen LogP contribution in [0.3, 0.4) is 0 Å². The predicted octanol–water partition coefficient (Wildman–Crippen LogP) is 2.21. The maximum absolute atomic E-state index is 12.1. The molecule has 1 saturated carbocycles. The van der Waals surface area contributed by atoms with Crippen LogP contribution >= 0.6 is 0 Å². The van der Waals surface area contributed by atoms with E-state index in [0.29, 0.717) is 12.6 Å². The largest absolute Gasteiger partial charge is 0.392 e. The van der Waals surface area contributed by atoms with Crippen molar-refractivity contribution in [1.82, 2.24) is 10.6 Å². The summed E-state index contributed by atoms with van der Waals surface area (Å²) in [6.07, 6.45) is 6.26. The van der Waals surface area contributed by atoms with E-state index in [1.807, 2.05) is 6.92 Å². The molecule has 1 aliphatic carbocycles. The van der Waals surface area contributed by atoms with Gasteiger partial charge in [0.15, 0.2) is 0 Å². The van der Waals surface area contributed by atoms with Crippen LogP contribution in [0.2, 0.25) is 0 Å². The zero-order valence-electron chi connectivity index (χ0n) is 13.5. The van der Waals surface area contributed by atoms with Gasteiger partial charge in [0.25, 0.3) is 0 Å². The van der Waals surface area contributed by atoms with Crippen LogP contribution in [0.5, 0.6) is 0 Å². The zero-order chi connectivity index (χ0) is 15.2. The first kappa shape index (κ1) is 17.4. The van der Waals surface area contributed by atoms with Crippen LogP contribution in [0.4, 0.5) is 0 Å². The fraction of sp³-hybridized carbons (Fsp3) is 0.938. The number of hydrogen-bond acceptors (Lipinski definition) is 3. The Balaban J connectivity index is 2.23. The summed E-state index contributed by atoms with van der Waals surface area (Å²) in [6, 6.07) is 0.103. The van der Waals surface area contributed by atoms with Gasteiger partial charge < -0.3 is 15.7 Å². The Morgan fingerprint density at radius 2 is 1.85 bits per heavy atom. The molecule has 0 saturated heterocycles. The van der Waals surface area contributed by atoms with Gasteiger partial charge in [-0.25, -0.2) is 0 Å².